The Balaban J connectivity index is 1.43. The summed E-state index contributed by atoms with van der Waals surface area (Å²) in [5, 5.41) is 11.6. The fourth-order valence-corrected chi connectivity index (χ4v) is 3.88. The summed E-state index contributed by atoms with van der Waals surface area (Å²) >= 11 is 1.61. The highest BCUT2D eigenvalue weighted by molar-refractivity contribution is 7.98. The van der Waals surface area contributed by atoms with Gasteiger partial charge in [0.15, 0.2) is 5.65 Å². The summed E-state index contributed by atoms with van der Waals surface area (Å²) in [5.41, 5.74) is 4.47. The van der Waals surface area contributed by atoms with E-state index in [0.717, 1.165) is 33.1 Å². The number of fused-ring (bicyclic) bond motifs is 1. The molecule has 2 aromatic carbocycles. The lowest BCUT2D eigenvalue weighted by atomic mass is 10.0. The number of hydrogen-bond donors (Lipinski definition) is 2. The minimum absolute atomic E-state index is 0.110. The average molecular weight is 404 g/mol. The molecule has 7 heteroatoms. The van der Waals surface area contributed by atoms with Crippen molar-refractivity contribution in [2.75, 3.05) is 5.32 Å². The Morgan fingerprint density at radius 2 is 1.97 bits per heavy atom. The molecule has 0 unspecified atom stereocenters. The number of H-pyrrole nitrogens is 1. The van der Waals surface area contributed by atoms with Gasteiger partial charge >= 0.3 is 0 Å². The van der Waals surface area contributed by atoms with E-state index in [4.69, 9.17) is 0 Å². The SMILES string of the molecule is CC(C)c1ccc(C(=O)Nc2cccc(CSc3ncnc4[nH]ncc34)c2)cc1. The number of nitrogens with zero attached hydrogens (tertiary/aromatic N) is 3. The second-order valence-corrected chi connectivity index (χ2v) is 8.00. The number of amides is 1. The predicted molar refractivity (Wildman–Crippen MR) is 116 cm³/mol. The van der Waals surface area contributed by atoms with Crippen LogP contribution in [0.15, 0.2) is 66.1 Å². The normalized spacial score (nSPS) is 11.1. The van der Waals surface area contributed by atoms with Crippen LogP contribution >= 0.6 is 11.8 Å². The quantitative estimate of drug-likeness (QED) is 0.349. The summed E-state index contributed by atoms with van der Waals surface area (Å²) in [7, 11) is 0. The zero-order chi connectivity index (χ0) is 20.2. The van der Waals surface area contributed by atoms with E-state index in [1.165, 1.54) is 11.9 Å². The van der Waals surface area contributed by atoms with Crippen molar-refractivity contribution < 1.29 is 4.79 Å². The van der Waals surface area contributed by atoms with Gasteiger partial charge in [-0.3, -0.25) is 9.89 Å². The molecular weight excluding hydrogens is 382 g/mol. The third kappa shape index (κ3) is 4.46. The summed E-state index contributed by atoms with van der Waals surface area (Å²) in [6.45, 7) is 4.27. The number of carbonyl (C=O) groups is 1. The summed E-state index contributed by atoms with van der Waals surface area (Å²) < 4.78 is 0. The molecule has 0 radical (unpaired) electrons. The largest absolute Gasteiger partial charge is 0.322 e. The number of rotatable bonds is 6. The first kappa shape index (κ1) is 19.1. The molecule has 0 spiro atoms. The van der Waals surface area contributed by atoms with Gasteiger partial charge in [0.2, 0.25) is 0 Å². The monoisotopic (exact) mass is 403 g/mol. The Labute approximate surface area is 173 Å². The maximum absolute atomic E-state index is 12.6. The molecule has 0 saturated heterocycles. The van der Waals surface area contributed by atoms with Gasteiger partial charge in [0.05, 0.1) is 11.6 Å². The van der Waals surface area contributed by atoms with Gasteiger partial charge in [0, 0.05) is 17.0 Å². The molecule has 0 aliphatic heterocycles. The van der Waals surface area contributed by atoms with Crippen molar-refractivity contribution in [1.82, 2.24) is 20.2 Å². The Morgan fingerprint density at radius 3 is 2.76 bits per heavy atom. The van der Waals surface area contributed by atoms with Crippen LogP contribution < -0.4 is 5.32 Å². The van der Waals surface area contributed by atoms with E-state index in [-0.39, 0.29) is 5.91 Å². The molecule has 0 bridgehead atoms. The first-order valence-corrected chi connectivity index (χ1v) is 10.4. The van der Waals surface area contributed by atoms with Crippen LogP contribution in [0.2, 0.25) is 0 Å². The number of aromatic nitrogens is 4. The van der Waals surface area contributed by atoms with Crippen LogP contribution in [0.4, 0.5) is 5.69 Å². The van der Waals surface area contributed by atoms with Crippen LogP contribution in [0.25, 0.3) is 11.0 Å². The minimum atomic E-state index is -0.110. The van der Waals surface area contributed by atoms with Crippen molar-refractivity contribution in [3.63, 3.8) is 0 Å². The van der Waals surface area contributed by atoms with E-state index in [2.05, 4.69) is 39.3 Å². The number of carbonyl (C=O) groups excluding carboxylic acids is 1. The molecule has 0 aliphatic carbocycles. The van der Waals surface area contributed by atoms with Gasteiger partial charge in [-0.25, -0.2) is 9.97 Å². The molecule has 146 valence electrons. The van der Waals surface area contributed by atoms with Crippen LogP contribution in [0.5, 0.6) is 0 Å². The standard InChI is InChI=1S/C22H21N5OS/c1-14(2)16-6-8-17(9-7-16)21(28)26-18-5-3-4-15(10-18)12-29-22-19-11-25-27-20(19)23-13-24-22/h3-11,13-14H,12H2,1-2H3,(H,26,28)(H,23,24,25,27). The zero-order valence-corrected chi connectivity index (χ0v) is 17.0. The van der Waals surface area contributed by atoms with E-state index in [1.807, 2.05) is 48.5 Å². The first-order chi connectivity index (χ1) is 14.1. The van der Waals surface area contributed by atoms with Gasteiger partial charge in [0.25, 0.3) is 5.91 Å². The van der Waals surface area contributed by atoms with Crippen molar-refractivity contribution >= 4 is 34.4 Å². The molecule has 2 aromatic heterocycles. The van der Waals surface area contributed by atoms with Crippen molar-refractivity contribution in [2.24, 2.45) is 0 Å². The molecule has 2 N–H and O–H groups in total. The first-order valence-electron chi connectivity index (χ1n) is 9.37. The molecule has 1 amide bonds. The van der Waals surface area contributed by atoms with Crippen LogP contribution in [-0.4, -0.2) is 26.1 Å². The van der Waals surface area contributed by atoms with Gasteiger partial charge in [-0.1, -0.05) is 38.1 Å². The van der Waals surface area contributed by atoms with Gasteiger partial charge < -0.3 is 5.32 Å². The number of aromatic amines is 1. The topological polar surface area (TPSA) is 83.6 Å². The van der Waals surface area contributed by atoms with Crippen LogP contribution in [0.3, 0.4) is 0 Å². The predicted octanol–water partition coefficient (Wildman–Crippen LogP) is 5.02. The molecule has 0 fully saturated rings. The van der Waals surface area contributed by atoms with Gasteiger partial charge in [-0.2, -0.15) is 5.10 Å². The highest BCUT2D eigenvalue weighted by atomic mass is 32.2. The third-order valence-corrected chi connectivity index (χ3v) is 5.69. The van der Waals surface area contributed by atoms with Gasteiger partial charge in [0.1, 0.15) is 11.4 Å². The maximum atomic E-state index is 12.6. The van der Waals surface area contributed by atoms with Crippen LogP contribution in [0.1, 0.15) is 41.3 Å². The zero-order valence-electron chi connectivity index (χ0n) is 16.2. The molecule has 6 nitrogen and oxygen atoms in total. The highest BCUT2D eigenvalue weighted by Gasteiger charge is 2.09. The minimum Gasteiger partial charge on any atom is -0.322 e. The summed E-state index contributed by atoms with van der Waals surface area (Å²) in [4.78, 5) is 21.1. The smallest absolute Gasteiger partial charge is 0.255 e. The fraction of sp³-hybridized carbons (Fsp3) is 0.182. The van der Waals surface area contributed by atoms with Gasteiger partial charge in [-0.05, 0) is 41.3 Å². The second kappa shape index (κ2) is 8.45. The lowest BCUT2D eigenvalue weighted by molar-refractivity contribution is 0.102. The van der Waals surface area contributed by atoms with E-state index in [9.17, 15) is 4.79 Å². The van der Waals surface area contributed by atoms with E-state index >= 15 is 0 Å². The number of anilines is 1. The molecule has 29 heavy (non-hydrogen) atoms. The van der Waals surface area contributed by atoms with Gasteiger partial charge in [-0.15, -0.1) is 11.8 Å². The van der Waals surface area contributed by atoms with Crippen LogP contribution in [0, 0.1) is 0 Å². The average Bonchev–Trinajstić information content (AvgIpc) is 3.22. The van der Waals surface area contributed by atoms with E-state index in [1.54, 1.807) is 18.0 Å². The molecule has 4 rings (SSSR count). The van der Waals surface area contributed by atoms with E-state index in [0.29, 0.717) is 11.5 Å². The number of benzene rings is 2. The van der Waals surface area contributed by atoms with Crippen molar-refractivity contribution in [3.05, 3.63) is 77.7 Å². The number of thioether (sulfide) groups is 1. The Hall–Kier alpha value is -3.19. The maximum Gasteiger partial charge on any atom is 0.255 e. The summed E-state index contributed by atoms with van der Waals surface area (Å²) in [5.74, 6) is 1.06. The van der Waals surface area contributed by atoms with Crippen LogP contribution in [-0.2, 0) is 5.75 Å². The Bertz CT molecular complexity index is 1140. The van der Waals surface area contributed by atoms with Crippen molar-refractivity contribution in [3.8, 4) is 0 Å². The molecule has 0 atom stereocenters. The Kier molecular flexibility index (Phi) is 5.57. The summed E-state index contributed by atoms with van der Waals surface area (Å²) in [6, 6.07) is 15.6. The lowest BCUT2D eigenvalue weighted by Crippen LogP contribution is -2.12. The fourth-order valence-electron chi connectivity index (χ4n) is 2.97. The van der Waals surface area contributed by atoms with E-state index < -0.39 is 0 Å². The number of hydrogen-bond acceptors (Lipinski definition) is 5. The Morgan fingerprint density at radius 1 is 1.14 bits per heavy atom. The second-order valence-electron chi connectivity index (χ2n) is 7.03. The van der Waals surface area contributed by atoms with Crippen molar-refractivity contribution in [1.29, 1.82) is 0 Å². The summed E-state index contributed by atoms with van der Waals surface area (Å²) in [6.07, 6.45) is 3.27. The molecule has 0 aliphatic rings. The molecular formula is C22H21N5OS. The van der Waals surface area contributed by atoms with Crippen molar-refractivity contribution in [2.45, 2.75) is 30.5 Å². The third-order valence-electron chi connectivity index (χ3n) is 4.61. The highest BCUT2D eigenvalue weighted by Crippen LogP contribution is 2.27. The lowest BCUT2D eigenvalue weighted by Gasteiger charge is -2.09. The molecule has 0 saturated carbocycles. The molecule has 4 aromatic rings. The molecule has 2 heterocycles. The number of nitrogens with one attached hydrogen (secondary N) is 2.